The normalized spacial score (nSPS) is 12.0. The Hall–Kier alpha value is -2.88. The van der Waals surface area contributed by atoms with Crippen molar-refractivity contribution in [3.63, 3.8) is 0 Å². The fourth-order valence-electron chi connectivity index (χ4n) is 2.80. The van der Waals surface area contributed by atoms with Gasteiger partial charge in [-0.25, -0.2) is 9.97 Å². The molecular formula is C18H14F3N5OS. The van der Waals surface area contributed by atoms with Crippen molar-refractivity contribution in [2.24, 2.45) is 0 Å². The SMILES string of the molecule is CCn1c(Sc2nc(C(F)(F)F)nc3ccccc23)nnc1-c1ccoc1C. The van der Waals surface area contributed by atoms with Gasteiger partial charge in [0, 0.05) is 11.9 Å². The largest absolute Gasteiger partial charge is 0.469 e. The summed E-state index contributed by atoms with van der Waals surface area (Å²) in [7, 11) is 0. The summed E-state index contributed by atoms with van der Waals surface area (Å²) in [6, 6.07) is 8.36. The fourth-order valence-corrected chi connectivity index (χ4v) is 3.80. The maximum absolute atomic E-state index is 13.2. The van der Waals surface area contributed by atoms with Crippen molar-refractivity contribution in [3.8, 4) is 11.4 Å². The molecule has 0 radical (unpaired) electrons. The summed E-state index contributed by atoms with van der Waals surface area (Å²) >= 11 is 1.03. The number of para-hydroxylation sites is 1. The third kappa shape index (κ3) is 3.24. The van der Waals surface area contributed by atoms with E-state index in [0.29, 0.717) is 28.7 Å². The van der Waals surface area contributed by atoms with Crippen molar-refractivity contribution in [2.75, 3.05) is 0 Å². The molecule has 144 valence electrons. The molecule has 3 aromatic heterocycles. The zero-order valence-corrected chi connectivity index (χ0v) is 15.7. The summed E-state index contributed by atoms with van der Waals surface area (Å²) in [6.45, 7) is 4.25. The van der Waals surface area contributed by atoms with Crippen LogP contribution in [0.4, 0.5) is 13.2 Å². The lowest BCUT2D eigenvalue weighted by atomic mass is 10.2. The van der Waals surface area contributed by atoms with E-state index >= 15 is 0 Å². The maximum atomic E-state index is 13.2. The second-order valence-corrected chi connectivity index (χ2v) is 6.87. The number of benzene rings is 1. The van der Waals surface area contributed by atoms with Crippen molar-refractivity contribution in [2.45, 2.75) is 36.8 Å². The second-order valence-electron chi connectivity index (χ2n) is 5.91. The van der Waals surface area contributed by atoms with Crippen molar-refractivity contribution in [1.29, 1.82) is 0 Å². The molecule has 0 saturated heterocycles. The second kappa shape index (κ2) is 6.93. The lowest BCUT2D eigenvalue weighted by molar-refractivity contribution is -0.145. The summed E-state index contributed by atoms with van der Waals surface area (Å²) in [4.78, 5) is 7.40. The Morgan fingerprint density at radius 3 is 2.57 bits per heavy atom. The van der Waals surface area contributed by atoms with E-state index in [-0.39, 0.29) is 10.5 Å². The molecule has 6 nitrogen and oxygen atoms in total. The van der Waals surface area contributed by atoms with E-state index in [9.17, 15) is 13.2 Å². The third-order valence-electron chi connectivity index (χ3n) is 4.14. The highest BCUT2D eigenvalue weighted by Gasteiger charge is 2.35. The zero-order chi connectivity index (χ0) is 19.9. The van der Waals surface area contributed by atoms with E-state index in [1.165, 1.54) is 6.07 Å². The Kier molecular flexibility index (Phi) is 4.58. The van der Waals surface area contributed by atoms with Gasteiger partial charge in [0.15, 0.2) is 11.0 Å². The molecule has 0 spiro atoms. The highest BCUT2D eigenvalue weighted by atomic mass is 32.2. The average molecular weight is 405 g/mol. The van der Waals surface area contributed by atoms with E-state index in [4.69, 9.17) is 4.42 Å². The first-order valence-electron chi connectivity index (χ1n) is 8.38. The molecule has 0 N–H and O–H groups in total. The van der Waals surface area contributed by atoms with Crippen LogP contribution < -0.4 is 0 Å². The van der Waals surface area contributed by atoms with Gasteiger partial charge in [-0.05, 0) is 37.7 Å². The van der Waals surface area contributed by atoms with Crippen molar-refractivity contribution in [1.82, 2.24) is 24.7 Å². The van der Waals surface area contributed by atoms with Gasteiger partial charge < -0.3 is 8.98 Å². The molecule has 3 heterocycles. The smallest absolute Gasteiger partial charge is 0.451 e. The predicted molar refractivity (Wildman–Crippen MR) is 96.8 cm³/mol. The van der Waals surface area contributed by atoms with Crippen LogP contribution in [0.25, 0.3) is 22.3 Å². The van der Waals surface area contributed by atoms with E-state index < -0.39 is 12.0 Å². The summed E-state index contributed by atoms with van der Waals surface area (Å²) in [5.74, 6) is 0.0957. The molecular weight excluding hydrogens is 391 g/mol. The van der Waals surface area contributed by atoms with E-state index in [1.807, 2.05) is 18.4 Å². The first-order valence-corrected chi connectivity index (χ1v) is 9.19. The lowest BCUT2D eigenvalue weighted by Crippen LogP contribution is -2.12. The van der Waals surface area contributed by atoms with E-state index in [0.717, 1.165) is 17.3 Å². The van der Waals surface area contributed by atoms with Gasteiger partial charge in [-0.2, -0.15) is 13.2 Å². The van der Waals surface area contributed by atoms with Gasteiger partial charge in [-0.3, -0.25) is 0 Å². The van der Waals surface area contributed by atoms with Crippen LogP contribution in [0.3, 0.4) is 0 Å². The molecule has 0 amide bonds. The van der Waals surface area contributed by atoms with Gasteiger partial charge in [0.25, 0.3) is 0 Å². The minimum atomic E-state index is -4.64. The predicted octanol–water partition coefficient (Wildman–Crippen LogP) is 4.98. The van der Waals surface area contributed by atoms with Crippen LogP contribution in [0.15, 0.2) is 51.2 Å². The summed E-state index contributed by atoms with van der Waals surface area (Å²) in [5.41, 5.74) is 1.01. The summed E-state index contributed by atoms with van der Waals surface area (Å²) < 4.78 is 46.8. The Labute approximate surface area is 161 Å². The molecule has 4 rings (SSSR count). The molecule has 28 heavy (non-hydrogen) atoms. The molecule has 0 saturated carbocycles. The zero-order valence-electron chi connectivity index (χ0n) is 14.9. The highest BCUT2D eigenvalue weighted by Crippen LogP contribution is 2.36. The molecule has 0 aliphatic carbocycles. The standard InChI is InChI=1S/C18H14F3N5OS/c1-3-26-14(11-8-9-27-10(11)2)24-25-17(26)28-15-12-6-4-5-7-13(12)22-16(23-15)18(19,20)21/h4-9H,3H2,1-2H3. The van der Waals surface area contributed by atoms with Crippen molar-refractivity contribution < 1.29 is 17.6 Å². The monoisotopic (exact) mass is 405 g/mol. The number of hydrogen-bond donors (Lipinski definition) is 0. The van der Waals surface area contributed by atoms with Crippen LogP contribution >= 0.6 is 11.8 Å². The molecule has 0 bridgehead atoms. The molecule has 0 atom stereocenters. The lowest BCUT2D eigenvalue weighted by Gasteiger charge is -2.11. The number of aromatic nitrogens is 5. The van der Waals surface area contributed by atoms with Crippen molar-refractivity contribution in [3.05, 3.63) is 48.2 Å². The van der Waals surface area contributed by atoms with E-state index in [1.54, 1.807) is 30.5 Å². The number of aryl methyl sites for hydroxylation is 1. The highest BCUT2D eigenvalue weighted by molar-refractivity contribution is 7.99. The number of nitrogens with zero attached hydrogens (tertiary/aromatic N) is 5. The van der Waals surface area contributed by atoms with Gasteiger partial charge in [0.05, 0.1) is 17.3 Å². The Bertz CT molecular complexity index is 1150. The Morgan fingerprint density at radius 2 is 1.89 bits per heavy atom. The van der Waals surface area contributed by atoms with Crippen LogP contribution in [0.5, 0.6) is 0 Å². The quantitative estimate of drug-likeness (QED) is 0.446. The molecule has 0 aliphatic heterocycles. The van der Waals surface area contributed by atoms with Gasteiger partial charge >= 0.3 is 6.18 Å². The molecule has 1 aromatic carbocycles. The van der Waals surface area contributed by atoms with Crippen LogP contribution in [0.2, 0.25) is 0 Å². The molecule has 0 fully saturated rings. The van der Waals surface area contributed by atoms with Crippen LogP contribution in [0, 0.1) is 6.92 Å². The van der Waals surface area contributed by atoms with Gasteiger partial charge in [0.1, 0.15) is 10.8 Å². The first kappa shape index (κ1) is 18.5. The average Bonchev–Trinajstić information content (AvgIpc) is 3.26. The number of hydrogen-bond acceptors (Lipinski definition) is 6. The van der Waals surface area contributed by atoms with E-state index in [2.05, 4.69) is 20.2 Å². The summed E-state index contributed by atoms with van der Waals surface area (Å²) in [6.07, 6.45) is -3.09. The van der Waals surface area contributed by atoms with Gasteiger partial charge in [-0.1, -0.05) is 18.2 Å². The van der Waals surface area contributed by atoms with Crippen LogP contribution in [0.1, 0.15) is 18.5 Å². The minimum absolute atomic E-state index is 0.176. The Balaban J connectivity index is 1.83. The molecule has 0 aliphatic rings. The summed E-state index contributed by atoms with van der Waals surface area (Å²) in [5, 5.41) is 9.51. The molecule has 0 unspecified atom stereocenters. The maximum Gasteiger partial charge on any atom is 0.451 e. The van der Waals surface area contributed by atoms with Crippen LogP contribution in [-0.4, -0.2) is 24.7 Å². The fraction of sp³-hybridized carbons (Fsp3) is 0.222. The molecule has 10 heteroatoms. The third-order valence-corrected chi connectivity index (χ3v) is 5.13. The van der Waals surface area contributed by atoms with Gasteiger partial charge in [0.2, 0.25) is 5.82 Å². The number of rotatable bonds is 4. The number of furan rings is 1. The number of fused-ring (bicyclic) bond motifs is 1. The minimum Gasteiger partial charge on any atom is -0.469 e. The molecule has 4 aromatic rings. The van der Waals surface area contributed by atoms with Crippen LogP contribution in [-0.2, 0) is 12.7 Å². The van der Waals surface area contributed by atoms with Crippen molar-refractivity contribution >= 4 is 22.7 Å². The Morgan fingerprint density at radius 1 is 1.11 bits per heavy atom. The first-order chi connectivity index (χ1) is 13.4. The number of alkyl halides is 3. The number of halogens is 3. The topological polar surface area (TPSA) is 69.6 Å². The van der Waals surface area contributed by atoms with Gasteiger partial charge in [-0.15, -0.1) is 10.2 Å².